The number of aromatic nitrogens is 4. The van der Waals surface area contributed by atoms with Gasteiger partial charge in [-0.25, -0.2) is 9.07 Å². The van der Waals surface area contributed by atoms with E-state index >= 15 is 0 Å². The van der Waals surface area contributed by atoms with E-state index in [-0.39, 0.29) is 22.6 Å². The van der Waals surface area contributed by atoms with E-state index in [4.69, 9.17) is 23.2 Å². The van der Waals surface area contributed by atoms with E-state index in [1.54, 1.807) is 6.07 Å². The van der Waals surface area contributed by atoms with Gasteiger partial charge in [-0.15, -0.1) is 5.10 Å². The van der Waals surface area contributed by atoms with Crippen LogP contribution in [0.4, 0.5) is 27.1 Å². The molecule has 5 aromatic rings. The highest BCUT2D eigenvalue weighted by molar-refractivity contribution is 6.36. The number of nitrogens with one attached hydrogen (secondary N) is 2. The highest BCUT2D eigenvalue weighted by Gasteiger charge is 2.29. The van der Waals surface area contributed by atoms with Gasteiger partial charge in [-0.05, 0) is 81.6 Å². The van der Waals surface area contributed by atoms with Crippen molar-refractivity contribution in [2.24, 2.45) is 0 Å². The fourth-order valence-corrected chi connectivity index (χ4v) is 6.61. The number of hydrogen-bond acceptors (Lipinski definition) is 8. The van der Waals surface area contributed by atoms with Crippen LogP contribution >= 0.6 is 23.2 Å². The van der Waals surface area contributed by atoms with Crippen molar-refractivity contribution in [3.8, 4) is 6.07 Å². The minimum absolute atomic E-state index is 0.0344. The van der Waals surface area contributed by atoms with Crippen molar-refractivity contribution in [3.05, 3.63) is 99.7 Å². The van der Waals surface area contributed by atoms with Crippen LogP contribution in [0.5, 0.6) is 0 Å². The topological polar surface area (TPSA) is 97.9 Å². The molecule has 9 nitrogen and oxygen atoms in total. The van der Waals surface area contributed by atoms with Crippen molar-refractivity contribution in [1.29, 1.82) is 5.26 Å². The van der Waals surface area contributed by atoms with Gasteiger partial charge in [0.15, 0.2) is 0 Å². The summed E-state index contributed by atoms with van der Waals surface area (Å²) in [6, 6.07) is 18.4. The SMILES string of the molecule is CN(C)c1cccc([C@H](Nc2cc(Cl)c3ncc(C#N)c(Nc4ccc(F)c(Cl)c4)c3c2)c2cn(C3CCN(C(C)(C)C)CC3)nn2)c1. The van der Waals surface area contributed by atoms with Crippen LogP contribution in [0.3, 0.4) is 0 Å². The number of anilines is 4. The summed E-state index contributed by atoms with van der Waals surface area (Å²) >= 11 is 12.9. The van der Waals surface area contributed by atoms with E-state index in [0.29, 0.717) is 38.6 Å². The Hall–Kier alpha value is -4.43. The van der Waals surface area contributed by atoms with E-state index in [1.165, 1.54) is 18.3 Å². The molecule has 0 radical (unpaired) electrons. The molecule has 6 rings (SSSR count). The van der Waals surface area contributed by atoms with Gasteiger partial charge in [0.05, 0.1) is 45.1 Å². The van der Waals surface area contributed by atoms with Gasteiger partial charge in [-0.2, -0.15) is 5.26 Å². The summed E-state index contributed by atoms with van der Waals surface area (Å²) in [5.41, 5.74) is 5.44. The molecule has 1 atom stereocenters. The average molecular weight is 687 g/mol. The molecule has 48 heavy (non-hydrogen) atoms. The van der Waals surface area contributed by atoms with E-state index in [2.05, 4.69) is 80.8 Å². The van der Waals surface area contributed by atoms with Crippen LogP contribution < -0.4 is 15.5 Å². The van der Waals surface area contributed by atoms with E-state index < -0.39 is 5.82 Å². The predicted octanol–water partition coefficient (Wildman–Crippen LogP) is 8.59. The molecule has 248 valence electrons. The fourth-order valence-electron chi connectivity index (χ4n) is 6.16. The number of benzene rings is 3. The molecule has 12 heteroatoms. The maximum Gasteiger partial charge on any atom is 0.141 e. The van der Waals surface area contributed by atoms with Crippen LogP contribution in [-0.4, -0.2) is 57.6 Å². The fraction of sp³-hybridized carbons (Fsp3) is 0.333. The summed E-state index contributed by atoms with van der Waals surface area (Å²) in [6.07, 6.45) is 5.50. The zero-order valence-corrected chi connectivity index (χ0v) is 29.1. The third-order valence-electron chi connectivity index (χ3n) is 8.88. The van der Waals surface area contributed by atoms with Crippen LogP contribution in [0.1, 0.15) is 62.5 Å². The molecular weight excluding hydrogens is 648 g/mol. The highest BCUT2D eigenvalue weighted by Crippen LogP contribution is 2.38. The molecule has 2 aromatic heterocycles. The number of likely N-dealkylation sites (tertiary alicyclic amines) is 1. The number of nitriles is 1. The maximum atomic E-state index is 13.9. The first-order chi connectivity index (χ1) is 22.9. The Morgan fingerprint density at radius 1 is 1.02 bits per heavy atom. The normalized spacial score (nSPS) is 14.9. The number of fused-ring (bicyclic) bond motifs is 1. The molecule has 0 unspecified atom stereocenters. The standard InChI is InChI=1S/C36H38Cl2FN9/c1-36(2,3)47-13-11-26(12-14-47)48-21-32(44-45-48)34(22-7-6-8-27(15-22)46(4)5)43-25-16-28-33(42-24-9-10-31(39)29(37)17-24)23(19-40)20-41-35(28)30(38)18-25/h6-10,15-18,20-21,26,34,43H,11-14H2,1-5H3,(H,41,42)/t34-/m0/s1. The second kappa shape index (κ2) is 13.6. The van der Waals surface area contributed by atoms with E-state index in [9.17, 15) is 9.65 Å². The first-order valence-corrected chi connectivity index (χ1v) is 16.6. The third-order valence-corrected chi connectivity index (χ3v) is 9.45. The summed E-state index contributed by atoms with van der Waals surface area (Å²) in [5.74, 6) is -0.534. The van der Waals surface area contributed by atoms with E-state index in [1.807, 2.05) is 43.2 Å². The van der Waals surface area contributed by atoms with Crippen molar-refractivity contribution >= 4 is 56.9 Å². The van der Waals surface area contributed by atoms with Gasteiger partial charge in [0, 0.05) is 61.4 Å². The number of nitrogens with zero attached hydrogens (tertiary/aromatic N) is 7. The monoisotopic (exact) mass is 685 g/mol. The molecule has 0 bridgehead atoms. The van der Waals surface area contributed by atoms with Gasteiger partial charge in [0.2, 0.25) is 0 Å². The molecule has 1 aliphatic rings. The molecular formula is C36H38Cl2FN9. The molecule has 0 spiro atoms. The van der Waals surface area contributed by atoms with Gasteiger partial charge < -0.3 is 15.5 Å². The van der Waals surface area contributed by atoms with Crippen LogP contribution in [-0.2, 0) is 0 Å². The quantitative estimate of drug-likeness (QED) is 0.168. The Balaban J connectivity index is 1.39. The molecule has 3 aromatic carbocycles. The number of rotatable bonds is 8. The lowest BCUT2D eigenvalue weighted by Crippen LogP contribution is -2.46. The number of halogens is 3. The van der Waals surface area contributed by atoms with Crippen LogP contribution in [0, 0.1) is 17.1 Å². The highest BCUT2D eigenvalue weighted by atomic mass is 35.5. The first-order valence-electron chi connectivity index (χ1n) is 15.9. The second-order valence-electron chi connectivity index (χ2n) is 13.3. The lowest BCUT2D eigenvalue weighted by atomic mass is 9.98. The Kier molecular flexibility index (Phi) is 9.48. The smallest absolute Gasteiger partial charge is 0.141 e. The van der Waals surface area contributed by atoms with Crippen LogP contribution in [0.25, 0.3) is 10.9 Å². The van der Waals surface area contributed by atoms with Crippen molar-refractivity contribution in [1.82, 2.24) is 24.9 Å². The number of hydrogen-bond donors (Lipinski definition) is 2. The molecule has 1 aliphatic heterocycles. The van der Waals surface area contributed by atoms with Gasteiger partial charge in [0.1, 0.15) is 17.6 Å². The first kappa shape index (κ1) is 33.5. The van der Waals surface area contributed by atoms with E-state index in [0.717, 1.165) is 42.9 Å². The maximum absolute atomic E-state index is 13.9. The Morgan fingerprint density at radius 3 is 2.46 bits per heavy atom. The van der Waals surface area contributed by atoms with Gasteiger partial charge in [0.25, 0.3) is 0 Å². The van der Waals surface area contributed by atoms with Gasteiger partial charge in [-0.1, -0.05) is 40.5 Å². The summed E-state index contributed by atoms with van der Waals surface area (Å²) in [6.45, 7) is 8.78. The minimum Gasteiger partial charge on any atom is -0.378 e. The summed E-state index contributed by atoms with van der Waals surface area (Å²) in [4.78, 5) is 9.06. The number of pyridine rings is 1. The van der Waals surface area contributed by atoms with Crippen molar-refractivity contribution in [2.75, 3.05) is 42.7 Å². The second-order valence-corrected chi connectivity index (χ2v) is 14.2. The van der Waals surface area contributed by atoms with Crippen molar-refractivity contribution < 1.29 is 4.39 Å². The minimum atomic E-state index is -0.534. The molecule has 2 N–H and O–H groups in total. The summed E-state index contributed by atoms with van der Waals surface area (Å²) in [5, 5.41) is 27.2. The molecule has 0 amide bonds. The number of piperidine rings is 1. The van der Waals surface area contributed by atoms with Gasteiger partial charge in [-0.3, -0.25) is 9.88 Å². The molecule has 3 heterocycles. The molecule has 0 aliphatic carbocycles. The van der Waals surface area contributed by atoms with Crippen molar-refractivity contribution in [3.63, 3.8) is 0 Å². The lowest BCUT2D eigenvalue weighted by molar-refractivity contribution is 0.0866. The zero-order valence-electron chi connectivity index (χ0n) is 27.6. The molecule has 1 fully saturated rings. The van der Waals surface area contributed by atoms with Crippen molar-refractivity contribution in [2.45, 2.75) is 51.2 Å². The summed E-state index contributed by atoms with van der Waals surface area (Å²) < 4.78 is 15.9. The molecule has 0 saturated carbocycles. The largest absolute Gasteiger partial charge is 0.378 e. The van der Waals surface area contributed by atoms with Crippen LogP contribution in [0.2, 0.25) is 10.0 Å². The Bertz CT molecular complexity index is 1990. The van der Waals surface area contributed by atoms with Gasteiger partial charge >= 0.3 is 0 Å². The Labute approximate surface area is 290 Å². The predicted molar refractivity (Wildman–Crippen MR) is 192 cm³/mol. The lowest BCUT2D eigenvalue weighted by Gasteiger charge is -2.40. The Morgan fingerprint density at radius 2 is 1.77 bits per heavy atom. The molecule has 1 saturated heterocycles. The zero-order chi connectivity index (χ0) is 34.2. The summed E-state index contributed by atoms with van der Waals surface area (Å²) in [7, 11) is 4.01. The third kappa shape index (κ3) is 7.04. The van der Waals surface area contributed by atoms with Crippen LogP contribution in [0.15, 0.2) is 67.0 Å². The average Bonchev–Trinajstić information content (AvgIpc) is 3.55.